The second kappa shape index (κ2) is 38.0. The van der Waals surface area contributed by atoms with Crippen molar-refractivity contribution >= 4 is 19.8 Å². The van der Waals surface area contributed by atoms with Crippen LogP contribution in [-0.2, 0) is 32.7 Å². The zero-order valence-electron chi connectivity index (χ0n) is 36.4. The van der Waals surface area contributed by atoms with Gasteiger partial charge in [-0.3, -0.25) is 18.6 Å². The van der Waals surface area contributed by atoms with Gasteiger partial charge in [-0.2, -0.15) is 0 Å². The summed E-state index contributed by atoms with van der Waals surface area (Å²) < 4.78 is 34.3. The van der Waals surface area contributed by atoms with E-state index < -0.39 is 26.5 Å². The predicted octanol–water partition coefficient (Wildman–Crippen LogP) is 12.7. The maximum Gasteiger partial charge on any atom is 0.472 e. The molecule has 0 aromatic carbocycles. The van der Waals surface area contributed by atoms with Crippen LogP contribution < -0.4 is 0 Å². The maximum atomic E-state index is 12.7. The molecule has 0 aliphatic carbocycles. The van der Waals surface area contributed by atoms with E-state index in [1.807, 2.05) is 21.1 Å². The fourth-order valence-electron chi connectivity index (χ4n) is 6.16. The summed E-state index contributed by atoms with van der Waals surface area (Å²) in [4.78, 5) is 35.3. The van der Waals surface area contributed by atoms with E-state index in [9.17, 15) is 19.0 Å². The van der Waals surface area contributed by atoms with Gasteiger partial charge in [0.2, 0.25) is 0 Å². The van der Waals surface area contributed by atoms with Gasteiger partial charge in [0.25, 0.3) is 0 Å². The van der Waals surface area contributed by atoms with E-state index in [2.05, 4.69) is 38.2 Å². The number of esters is 2. The molecule has 9 nitrogen and oxygen atoms in total. The summed E-state index contributed by atoms with van der Waals surface area (Å²) in [5.41, 5.74) is 0. The van der Waals surface area contributed by atoms with Crippen LogP contribution in [0.3, 0.4) is 0 Å². The van der Waals surface area contributed by atoms with E-state index in [0.29, 0.717) is 17.4 Å². The second-order valence-electron chi connectivity index (χ2n) is 16.4. The van der Waals surface area contributed by atoms with E-state index >= 15 is 0 Å². The number of quaternary nitrogens is 1. The minimum Gasteiger partial charge on any atom is -0.462 e. The molecule has 0 bridgehead atoms. The van der Waals surface area contributed by atoms with Crippen LogP contribution in [0.1, 0.15) is 200 Å². The van der Waals surface area contributed by atoms with Gasteiger partial charge in [0.05, 0.1) is 27.7 Å². The zero-order valence-corrected chi connectivity index (χ0v) is 37.3. The summed E-state index contributed by atoms with van der Waals surface area (Å²) in [5.74, 6) is -0.797. The van der Waals surface area contributed by atoms with Crippen LogP contribution in [0, 0.1) is 0 Å². The molecule has 0 amide bonds. The fourth-order valence-corrected chi connectivity index (χ4v) is 6.90. The number of carbonyl (C=O) groups is 2. The summed E-state index contributed by atoms with van der Waals surface area (Å²) in [5, 5.41) is 0. The number of carbonyl (C=O) groups excluding carboxylic acids is 2. The van der Waals surface area contributed by atoms with Crippen molar-refractivity contribution in [3.05, 3.63) is 24.3 Å². The Bertz CT molecular complexity index is 996. The molecule has 1 N–H and O–H groups in total. The van der Waals surface area contributed by atoms with Gasteiger partial charge >= 0.3 is 19.8 Å². The van der Waals surface area contributed by atoms with E-state index in [-0.39, 0.29) is 32.0 Å². The Morgan fingerprint density at radius 1 is 0.564 bits per heavy atom. The standard InChI is InChI=1S/C45H86NO8P/c1-6-8-10-12-14-16-18-20-21-22-23-24-25-26-28-29-31-33-35-37-44(47)51-41-43(42-53-55(49,50)52-40-39-46(3,4)5)54-45(48)38-36-34-32-30-27-19-17-15-13-11-9-7-2/h14,16,20-21,43H,6-13,15,17-19,22-42H2,1-5H3/p+1/b16-14+,21-20+/t43-/m0/s1. The van der Waals surface area contributed by atoms with Gasteiger partial charge in [-0.05, 0) is 44.9 Å². The van der Waals surface area contributed by atoms with Crippen molar-refractivity contribution in [1.82, 2.24) is 0 Å². The molecule has 0 spiro atoms. The van der Waals surface area contributed by atoms with Crippen LogP contribution in [0.4, 0.5) is 0 Å². The number of unbranched alkanes of at least 4 members (excludes halogenated alkanes) is 23. The molecule has 0 radical (unpaired) electrons. The van der Waals surface area contributed by atoms with Crippen LogP contribution >= 0.6 is 7.82 Å². The molecular formula is C45H87NO8P+. The number of rotatable bonds is 41. The number of likely N-dealkylation sites (N-methyl/N-ethyl adjacent to an activating group) is 1. The van der Waals surface area contributed by atoms with Crippen LogP contribution in [0.25, 0.3) is 0 Å². The third-order valence-electron chi connectivity index (χ3n) is 9.73. The Morgan fingerprint density at radius 2 is 0.982 bits per heavy atom. The summed E-state index contributed by atoms with van der Waals surface area (Å²) in [6.07, 6.45) is 40.7. The molecule has 0 fully saturated rings. The minimum absolute atomic E-state index is 0.0330. The smallest absolute Gasteiger partial charge is 0.462 e. The maximum absolute atomic E-state index is 12.7. The lowest BCUT2D eigenvalue weighted by Gasteiger charge is -2.24. The monoisotopic (exact) mass is 801 g/mol. The summed E-state index contributed by atoms with van der Waals surface area (Å²) in [7, 11) is 1.48. The molecule has 10 heteroatoms. The molecule has 55 heavy (non-hydrogen) atoms. The fraction of sp³-hybridized carbons (Fsp3) is 0.867. The third kappa shape index (κ3) is 41.9. The van der Waals surface area contributed by atoms with Crippen molar-refractivity contribution in [3.63, 3.8) is 0 Å². The normalized spacial score (nSPS) is 13.8. The SMILES string of the molecule is CCCCC/C=C/C/C=C/CCCCCCCCCCCC(=O)OC[C@@H](COP(=O)(O)OCC[N+](C)(C)C)OC(=O)CCCCCCCCCCCCCC. The van der Waals surface area contributed by atoms with Crippen LogP contribution in [0.5, 0.6) is 0 Å². The van der Waals surface area contributed by atoms with Crippen LogP contribution in [0.2, 0.25) is 0 Å². The molecular weight excluding hydrogens is 713 g/mol. The average molecular weight is 801 g/mol. The lowest BCUT2D eigenvalue weighted by molar-refractivity contribution is -0.870. The van der Waals surface area contributed by atoms with Crippen molar-refractivity contribution in [1.29, 1.82) is 0 Å². The van der Waals surface area contributed by atoms with Gasteiger partial charge in [0, 0.05) is 12.8 Å². The molecule has 0 saturated heterocycles. The van der Waals surface area contributed by atoms with E-state index in [1.165, 1.54) is 128 Å². The molecule has 324 valence electrons. The van der Waals surface area contributed by atoms with Gasteiger partial charge in [-0.15, -0.1) is 0 Å². The Labute approximate surface area is 339 Å². The Morgan fingerprint density at radius 3 is 1.47 bits per heavy atom. The first-order chi connectivity index (χ1) is 26.5. The zero-order chi connectivity index (χ0) is 40.7. The Balaban J connectivity index is 4.29. The van der Waals surface area contributed by atoms with Gasteiger partial charge in [-0.25, -0.2) is 4.57 Å². The Kier molecular flexibility index (Phi) is 37.0. The molecule has 0 aliphatic heterocycles. The Hall–Kier alpha value is -1.51. The third-order valence-corrected chi connectivity index (χ3v) is 10.7. The summed E-state index contributed by atoms with van der Waals surface area (Å²) in [6.45, 7) is 4.40. The van der Waals surface area contributed by atoms with E-state index in [4.69, 9.17) is 18.5 Å². The van der Waals surface area contributed by atoms with Crippen molar-refractivity contribution in [3.8, 4) is 0 Å². The molecule has 2 atom stereocenters. The van der Waals surface area contributed by atoms with Gasteiger partial charge in [-0.1, -0.05) is 167 Å². The van der Waals surface area contributed by atoms with E-state index in [0.717, 1.165) is 38.5 Å². The predicted molar refractivity (Wildman–Crippen MR) is 229 cm³/mol. The highest BCUT2D eigenvalue weighted by Crippen LogP contribution is 2.43. The number of phosphoric ester groups is 1. The topological polar surface area (TPSA) is 108 Å². The van der Waals surface area contributed by atoms with Gasteiger partial charge < -0.3 is 18.9 Å². The molecule has 0 heterocycles. The first-order valence-corrected chi connectivity index (χ1v) is 24.1. The highest BCUT2D eigenvalue weighted by Gasteiger charge is 2.27. The number of phosphoric acid groups is 1. The molecule has 0 aromatic rings. The van der Waals surface area contributed by atoms with E-state index in [1.54, 1.807) is 0 Å². The van der Waals surface area contributed by atoms with Gasteiger partial charge in [0.1, 0.15) is 19.8 Å². The molecule has 1 unspecified atom stereocenters. The number of hydrogen-bond acceptors (Lipinski definition) is 7. The molecule has 0 aromatic heterocycles. The number of allylic oxidation sites excluding steroid dienone is 4. The van der Waals surface area contributed by atoms with Crippen molar-refractivity contribution in [2.24, 2.45) is 0 Å². The molecule has 0 aliphatic rings. The molecule has 0 rings (SSSR count). The lowest BCUT2D eigenvalue weighted by atomic mass is 10.0. The summed E-state index contributed by atoms with van der Waals surface area (Å²) in [6, 6.07) is 0. The average Bonchev–Trinajstić information content (AvgIpc) is 3.13. The second-order valence-corrected chi connectivity index (χ2v) is 17.9. The number of hydrogen-bond donors (Lipinski definition) is 1. The van der Waals surface area contributed by atoms with Crippen LogP contribution in [0.15, 0.2) is 24.3 Å². The van der Waals surface area contributed by atoms with Crippen molar-refractivity contribution in [2.75, 3.05) is 47.5 Å². The quantitative estimate of drug-likeness (QED) is 0.0214. The highest BCUT2D eigenvalue weighted by atomic mass is 31.2. The van der Waals surface area contributed by atoms with Gasteiger partial charge in [0.15, 0.2) is 6.10 Å². The van der Waals surface area contributed by atoms with Crippen molar-refractivity contribution < 1.29 is 42.1 Å². The lowest BCUT2D eigenvalue weighted by Crippen LogP contribution is -2.37. The largest absolute Gasteiger partial charge is 0.472 e. The number of ether oxygens (including phenoxy) is 2. The minimum atomic E-state index is -4.37. The first-order valence-electron chi connectivity index (χ1n) is 22.6. The van der Waals surface area contributed by atoms with Crippen LogP contribution in [-0.4, -0.2) is 74.9 Å². The summed E-state index contributed by atoms with van der Waals surface area (Å²) >= 11 is 0. The number of nitrogens with zero attached hydrogens (tertiary/aromatic N) is 1. The van der Waals surface area contributed by atoms with Crippen molar-refractivity contribution in [2.45, 2.75) is 206 Å². The molecule has 0 saturated carbocycles. The first kappa shape index (κ1) is 53.5. The highest BCUT2D eigenvalue weighted by molar-refractivity contribution is 7.47.